The summed E-state index contributed by atoms with van der Waals surface area (Å²) in [5, 5.41) is 9.48. The maximum Gasteiger partial charge on any atom is 0.150 e. The minimum atomic E-state index is -2.89. The zero-order valence-electron chi connectivity index (χ0n) is 11.4. The molecule has 106 valence electrons. The van der Waals surface area contributed by atoms with Crippen molar-refractivity contribution in [2.45, 2.75) is 56.4 Å². The van der Waals surface area contributed by atoms with Gasteiger partial charge in [-0.2, -0.15) is 0 Å². The molecule has 0 spiro atoms. The van der Waals surface area contributed by atoms with Crippen molar-refractivity contribution in [2.75, 3.05) is 19.3 Å². The van der Waals surface area contributed by atoms with Crippen LogP contribution >= 0.6 is 0 Å². The Kier molecular flexibility index (Phi) is 4.34. The van der Waals surface area contributed by atoms with Crippen LogP contribution in [0.25, 0.3) is 0 Å². The van der Waals surface area contributed by atoms with Crippen LogP contribution in [0.4, 0.5) is 0 Å². The van der Waals surface area contributed by atoms with E-state index in [2.05, 4.69) is 4.90 Å². The first-order valence-electron chi connectivity index (χ1n) is 6.99. The fourth-order valence-electron chi connectivity index (χ4n) is 3.38. The molecule has 1 saturated carbocycles. The number of sulfone groups is 1. The Bertz CT molecular complexity index is 380. The van der Waals surface area contributed by atoms with E-state index in [9.17, 15) is 13.5 Å². The summed E-state index contributed by atoms with van der Waals surface area (Å²) in [6, 6.07) is 0.405. The van der Waals surface area contributed by atoms with Crippen molar-refractivity contribution in [3.05, 3.63) is 0 Å². The minimum Gasteiger partial charge on any atom is -0.393 e. The van der Waals surface area contributed by atoms with Crippen LogP contribution in [0.15, 0.2) is 0 Å². The van der Waals surface area contributed by atoms with E-state index in [1.54, 1.807) is 0 Å². The van der Waals surface area contributed by atoms with Crippen molar-refractivity contribution in [1.82, 2.24) is 4.90 Å². The maximum atomic E-state index is 11.7. The highest BCUT2D eigenvalue weighted by Crippen LogP contribution is 2.31. The zero-order valence-corrected chi connectivity index (χ0v) is 12.2. The molecule has 0 bridgehead atoms. The summed E-state index contributed by atoms with van der Waals surface area (Å²) in [7, 11) is -2.89. The van der Waals surface area contributed by atoms with Gasteiger partial charge in [-0.15, -0.1) is 0 Å². The lowest BCUT2D eigenvalue weighted by Gasteiger charge is -2.34. The molecule has 0 radical (unpaired) electrons. The van der Waals surface area contributed by atoms with E-state index in [0.29, 0.717) is 12.0 Å². The molecule has 0 amide bonds. The second-order valence-electron chi connectivity index (χ2n) is 6.06. The van der Waals surface area contributed by atoms with Gasteiger partial charge in [0.1, 0.15) is 9.84 Å². The molecular formula is C13H25NO3S. The Labute approximate surface area is 110 Å². The average molecular weight is 275 g/mol. The molecule has 1 N–H and O–H groups in total. The van der Waals surface area contributed by atoms with Crippen molar-refractivity contribution in [3.63, 3.8) is 0 Å². The third-order valence-electron chi connectivity index (χ3n) is 4.66. The molecule has 0 aromatic carbocycles. The molecular weight excluding hydrogens is 250 g/mol. The van der Waals surface area contributed by atoms with Gasteiger partial charge in [-0.1, -0.05) is 6.42 Å². The van der Waals surface area contributed by atoms with Crippen molar-refractivity contribution in [1.29, 1.82) is 0 Å². The van der Waals surface area contributed by atoms with Gasteiger partial charge in [-0.3, -0.25) is 4.90 Å². The lowest BCUT2D eigenvalue weighted by molar-refractivity contribution is 0.116. The summed E-state index contributed by atoms with van der Waals surface area (Å²) in [4.78, 5) is 2.40. The average Bonchev–Trinajstić information content (AvgIpc) is 2.77. The van der Waals surface area contributed by atoms with Gasteiger partial charge >= 0.3 is 0 Å². The van der Waals surface area contributed by atoms with Crippen molar-refractivity contribution in [2.24, 2.45) is 5.92 Å². The quantitative estimate of drug-likeness (QED) is 0.836. The molecule has 1 heterocycles. The van der Waals surface area contributed by atoms with Crippen molar-refractivity contribution in [3.8, 4) is 0 Å². The first kappa shape index (κ1) is 14.3. The van der Waals surface area contributed by atoms with Gasteiger partial charge in [0.15, 0.2) is 0 Å². The monoisotopic (exact) mass is 275 g/mol. The highest BCUT2D eigenvalue weighted by molar-refractivity contribution is 7.91. The van der Waals surface area contributed by atoms with E-state index >= 15 is 0 Å². The summed E-state index contributed by atoms with van der Waals surface area (Å²) in [5.74, 6) is 0.364. The van der Waals surface area contributed by atoms with Crippen LogP contribution in [0.2, 0.25) is 0 Å². The fourth-order valence-corrected chi connectivity index (χ4v) is 4.55. The second kappa shape index (κ2) is 5.47. The number of rotatable bonds is 3. The molecule has 4 atom stereocenters. The Balaban J connectivity index is 1.94. The molecule has 5 heteroatoms. The zero-order chi connectivity index (χ0) is 13.3. The van der Waals surface area contributed by atoms with Gasteiger partial charge < -0.3 is 5.11 Å². The van der Waals surface area contributed by atoms with Crippen LogP contribution in [-0.2, 0) is 9.84 Å². The summed E-state index contributed by atoms with van der Waals surface area (Å²) in [6.45, 7) is 3.80. The van der Waals surface area contributed by atoms with Crippen molar-refractivity contribution < 1.29 is 13.5 Å². The largest absolute Gasteiger partial charge is 0.393 e. The number of aliphatic hydroxyl groups excluding tert-OH is 1. The Morgan fingerprint density at radius 3 is 2.56 bits per heavy atom. The Morgan fingerprint density at radius 2 is 2.00 bits per heavy atom. The number of hydrogen-bond acceptors (Lipinski definition) is 4. The highest BCUT2D eigenvalue weighted by Gasteiger charge is 2.35. The van der Waals surface area contributed by atoms with Gasteiger partial charge in [0.05, 0.1) is 11.4 Å². The van der Waals surface area contributed by atoms with Gasteiger partial charge in [-0.05, 0) is 45.1 Å². The molecule has 2 rings (SSSR count). The van der Waals surface area contributed by atoms with E-state index in [4.69, 9.17) is 0 Å². The lowest BCUT2D eigenvalue weighted by Crippen LogP contribution is -2.41. The molecule has 1 aliphatic carbocycles. The normalized spacial score (nSPS) is 36.7. The second-order valence-corrected chi connectivity index (χ2v) is 8.38. The predicted octanol–water partition coefficient (Wildman–Crippen LogP) is 1.04. The van der Waals surface area contributed by atoms with Crippen LogP contribution in [-0.4, -0.2) is 55.2 Å². The lowest BCUT2D eigenvalue weighted by atomic mass is 9.94. The molecule has 1 aliphatic heterocycles. The summed E-state index contributed by atoms with van der Waals surface area (Å²) >= 11 is 0. The van der Waals surface area contributed by atoms with E-state index in [0.717, 1.165) is 45.2 Å². The number of hydrogen-bond donors (Lipinski definition) is 1. The smallest absolute Gasteiger partial charge is 0.150 e. The fraction of sp³-hybridized carbons (Fsp3) is 1.00. The van der Waals surface area contributed by atoms with E-state index in [-0.39, 0.29) is 11.4 Å². The Morgan fingerprint density at radius 1 is 1.28 bits per heavy atom. The summed E-state index contributed by atoms with van der Waals surface area (Å²) < 4.78 is 23.3. The summed E-state index contributed by atoms with van der Waals surface area (Å²) in [5.41, 5.74) is 0. The van der Waals surface area contributed by atoms with Crippen LogP contribution < -0.4 is 0 Å². The number of likely N-dealkylation sites (tertiary alicyclic amines) is 1. The molecule has 0 aromatic heterocycles. The molecule has 4 unspecified atom stereocenters. The topological polar surface area (TPSA) is 57.6 Å². The SMILES string of the molecule is CC(O)C1CCN(C2CCCC(S(C)(=O)=O)C2)C1. The molecule has 1 saturated heterocycles. The van der Waals surface area contributed by atoms with Crippen LogP contribution in [0, 0.1) is 5.92 Å². The Hall–Kier alpha value is -0.130. The summed E-state index contributed by atoms with van der Waals surface area (Å²) in [6.07, 6.45) is 5.88. The first-order valence-corrected chi connectivity index (χ1v) is 8.94. The predicted molar refractivity (Wildman–Crippen MR) is 72.2 cm³/mol. The molecule has 4 nitrogen and oxygen atoms in total. The molecule has 18 heavy (non-hydrogen) atoms. The van der Waals surface area contributed by atoms with Crippen LogP contribution in [0.1, 0.15) is 39.0 Å². The molecule has 2 fully saturated rings. The van der Waals surface area contributed by atoms with Crippen LogP contribution in [0.3, 0.4) is 0 Å². The highest BCUT2D eigenvalue weighted by atomic mass is 32.2. The third kappa shape index (κ3) is 3.25. The minimum absolute atomic E-state index is 0.151. The van der Waals surface area contributed by atoms with Crippen LogP contribution in [0.5, 0.6) is 0 Å². The maximum absolute atomic E-state index is 11.7. The molecule has 0 aromatic rings. The van der Waals surface area contributed by atoms with Crippen molar-refractivity contribution >= 4 is 9.84 Å². The van der Waals surface area contributed by atoms with E-state index in [1.807, 2.05) is 6.92 Å². The van der Waals surface area contributed by atoms with Gasteiger partial charge in [0.2, 0.25) is 0 Å². The van der Waals surface area contributed by atoms with Gasteiger partial charge in [0.25, 0.3) is 0 Å². The molecule has 2 aliphatic rings. The third-order valence-corrected chi connectivity index (χ3v) is 6.30. The van der Waals surface area contributed by atoms with Gasteiger partial charge in [-0.25, -0.2) is 8.42 Å². The number of nitrogens with zero attached hydrogens (tertiary/aromatic N) is 1. The van der Waals surface area contributed by atoms with Gasteiger partial charge in [0, 0.05) is 18.8 Å². The number of aliphatic hydroxyl groups is 1. The first-order chi connectivity index (χ1) is 8.38. The van der Waals surface area contributed by atoms with E-state index < -0.39 is 9.84 Å². The van der Waals surface area contributed by atoms with E-state index in [1.165, 1.54) is 6.26 Å². The standard InChI is InChI=1S/C13H25NO3S/c1-10(15)11-6-7-14(9-11)12-4-3-5-13(8-12)18(2,16)17/h10-13,15H,3-9H2,1-2H3.